The molecule has 0 radical (unpaired) electrons. The number of hydrogen-bond donors (Lipinski definition) is 1. The monoisotopic (exact) mass is 506 g/mol. The van der Waals surface area contributed by atoms with E-state index in [2.05, 4.69) is 21.2 Å². The number of aryl methyl sites for hydroxylation is 1. The molecule has 0 aliphatic carbocycles. The van der Waals surface area contributed by atoms with Crippen LogP contribution < -0.4 is 14.8 Å². The first kappa shape index (κ1) is 22.6. The predicted octanol–water partition coefficient (Wildman–Crippen LogP) is 5.44. The van der Waals surface area contributed by atoms with E-state index in [9.17, 15) is 9.59 Å². The van der Waals surface area contributed by atoms with Gasteiger partial charge >= 0.3 is 6.03 Å². The number of halogens is 1. The zero-order chi connectivity index (χ0) is 23.4. The van der Waals surface area contributed by atoms with Gasteiger partial charge in [0, 0.05) is 0 Å². The molecule has 1 aliphatic rings. The van der Waals surface area contributed by atoms with Crippen LogP contribution in [0, 0.1) is 6.92 Å². The quantitative estimate of drug-likeness (QED) is 0.342. The van der Waals surface area contributed by atoms with E-state index in [1.807, 2.05) is 67.6 Å². The number of methoxy groups -OCH3 is 1. The van der Waals surface area contributed by atoms with Gasteiger partial charge in [-0.2, -0.15) is 0 Å². The van der Waals surface area contributed by atoms with E-state index >= 15 is 0 Å². The van der Waals surface area contributed by atoms with Gasteiger partial charge < -0.3 is 14.8 Å². The van der Waals surface area contributed by atoms with E-state index in [-0.39, 0.29) is 18.1 Å². The Bertz CT molecular complexity index is 1220. The molecule has 0 saturated carbocycles. The molecule has 1 heterocycles. The van der Waals surface area contributed by atoms with Crippen molar-refractivity contribution >= 4 is 33.9 Å². The smallest absolute Gasteiger partial charge is 0.329 e. The summed E-state index contributed by atoms with van der Waals surface area (Å²) in [6.07, 6.45) is 1.63. The highest BCUT2D eigenvalue weighted by Gasteiger charge is 2.33. The molecule has 3 amide bonds. The van der Waals surface area contributed by atoms with Crippen LogP contribution >= 0.6 is 15.9 Å². The van der Waals surface area contributed by atoms with E-state index in [1.165, 1.54) is 4.90 Å². The first-order chi connectivity index (χ1) is 15.9. The third-order valence-electron chi connectivity index (χ3n) is 5.17. The van der Waals surface area contributed by atoms with Gasteiger partial charge in [-0.25, -0.2) is 4.79 Å². The number of amides is 3. The van der Waals surface area contributed by atoms with E-state index in [4.69, 9.17) is 9.47 Å². The first-order valence-electron chi connectivity index (χ1n) is 10.4. The fourth-order valence-corrected chi connectivity index (χ4v) is 4.14. The van der Waals surface area contributed by atoms with Gasteiger partial charge in [0.2, 0.25) is 0 Å². The standard InChI is InChI=1S/C26H23BrN2O4/c1-17-7-6-10-19(11-17)15-29-25(30)22(28-26(29)31)13-20-12-21(27)24(23(14-20)32-2)33-16-18-8-4-3-5-9-18/h3-14H,15-16H2,1-2H3,(H,28,31)/b22-13+. The largest absolute Gasteiger partial charge is 0.493 e. The summed E-state index contributed by atoms with van der Waals surface area (Å²) in [5, 5.41) is 2.67. The normalized spacial score (nSPS) is 14.5. The van der Waals surface area contributed by atoms with Crippen LogP contribution in [0.1, 0.15) is 22.3 Å². The molecule has 33 heavy (non-hydrogen) atoms. The molecule has 3 aromatic carbocycles. The van der Waals surface area contributed by atoms with E-state index in [0.29, 0.717) is 28.1 Å². The molecule has 3 aromatic rings. The van der Waals surface area contributed by atoms with E-state index < -0.39 is 6.03 Å². The molecule has 1 aliphatic heterocycles. The molecule has 0 atom stereocenters. The Morgan fingerprint density at radius 1 is 1.00 bits per heavy atom. The molecule has 1 N–H and O–H groups in total. The third-order valence-corrected chi connectivity index (χ3v) is 5.76. The lowest BCUT2D eigenvalue weighted by Gasteiger charge is -2.14. The van der Waals surface area contributed by atoms with Crippen LogP contribution in [0.25, 0.3) is 6.08 Å². The van der Waals surface area contributed by atoms with Crippen LogP contribution in [0.4, 0.5) is 4.79 Å². The summed E-state index contributed by atoms with van der Waals surface area (Å²) < 4.78 is 12.2. The minimum atomic E-state index is -0.443. The van der Waals surface area contributed by atoms with E-state index in [1.54, 1.807) is 19.3 Å². The number of carbonyl (C=O) groups is 2. The van der Waals surface area contributed by atoms with Crippen molar-refractivity contribution in [2.75, 3.05) is 7.11 Å². The molecule has 0 spiro atoms. The Hall–Kier alpha value is -3.58. The third kappa shape index (κ3) is 5.26. The lowest BCUT2D eigenvalue weighted by molar-refractivity contribution is -0.123. The number of ether oxygens (including phenoxy) is 2. The lowest BCUT2D eigenvalue weighted by Crippen LogP contribution is -2.30. The van der Waals surface area contributed by atoms with Gasteiger partial charge in [0.05, 0.1) is 18.1 Å². The Kier molecular flexibility index (Phi) is 6.79. The summed E-state index contributed by atoms with van der Waals surface area (Å²) >= 11 is 3.53. The van der Waals surface area contributed by atoms with Crippen molar-refractivity contribution in [2.24, 2.45) is 0 Å². The minimum absolute atomic E-state index is 0.208. The zero-order valence-corrected chi connectivity index (χ0v) is 19.9. The fourth-order valence-electron chi connectivity index (χ4n) is 3.57. The summed E-state index contributed by atoms with van der Waals surface area (Å²) in [5.74, 6) is 0.702. The van der Waals surface area contributed by atoms with Gasteiger partial charge in [0.25, 0.3) is 5.91 Å². The molecular weight excluding hydrogens is 484 g/mol. The maximum absolute atomic E-state index is 12.9. The van der Waals surface area contributed by atoms with Crippen molar-refractivity contribution in [1.29, 1.82) is 0 Å². The first-order valence-corrected chi connectivity index (χ1v) is 11.2. The number of urea groups is 1. The number of imide groups is 1. The molecule has 0 aromatic heterocycles. The average molecular weight is 507 g/mol. The molecule has 0 unspecified atom stereocenters. The Morgan fingerprint density at radius 3 is 2.48 bits per heavy atom. The van der Waals surface area contributed by atoms with E-state index in [0.717, 1.165) is 16.7 Å². The van der Waals surface area contributed by atoms with Crippen LogP contribution in [-0.2, 0) is 17.9 Å². The summed E-state index contributed by atoms with van der Waals surface area (Å²) in [6, 6.07) is 20.7. The predicted molar refractivity (Wildman–Crippen MR) is 130 cm³/mol. The van der Waals surface area contributed by atoms with Crippen molar-refractivity contribution in [3.63, 3.8) is 0 Å². The van der Waals surface area contributed by atoms with Crippen LogP contribution in [0.5, 0.6) is 11.5 Å². The van der Waals surface area contributed by atoms with Gasteiger partial charge in [0.1, 0.15) is 12.3 Å². The van der Waals surface area contributed by atoms with Crippen molar-refractivity contribution in [2.45, 2.75) is 20.1 Å². The van der Waals surface area contributed by atoms with Gasteiger partial charge in [0.15, 0.2) is 11.5 Å². The maximum Gasteiger partial charge on any atom is 0.329 e. The molecule has 0 bridgehead atoms. The summed E-state index contributed by atoms with van der Waals surface area (Å²) in [4.78, 5) is 26.5. The molecule has 1 saturated heterocycles. The van der Waals surface area contributed by atoms with Gasteiger partial charge in [-0.15, -0.1) is 0 Å². The van der Waals surface area contributed by atoms with Crippen LogP contribution in [0.15, 0.2) is 76.9 Å². The minimum Gasteiger partial charge on any atom is -0.493 e. The van der Waals surface area contributed by atoms with Crippen molar-refractivity contribution in [3.05, 3.63) is 99.2 Å². The average Bonchev–Trinajstić information content (AvgIpc) is 3.06. The SMILES string of the molecule is COc1cc(/C=C2/NC(=O)N(Cc3cccc(C)c3)C2=O)cc(Br)c1OCc1ccccc1. The Labute approximate surface area is 200 Å². The summed E-state index contributed by atoms with van der Waals surface area (Å²) in [6.45, 7) is 2.57. The second-order valence-corrected chi connectivity index (χ2v) is 8.53. The molecule has 1 fully saturated rings. The van der Waals surface area contributed by atoms with Crippen molar-refractivity contribution < 1.29 is 19.1 Å². The molecule has 6 nitrogen and oxygen atoms in total. The number of rotatable bonds is 7. The topological polar surface area (TPSA) is 67.9 Å². The fraction of sp³-hybridized carbons (Fsp3) is 0.154. The summed E-state index contributed by atoms with van der Waals surface area (Å²) in [5.41, 5.74) is 3.89. The number of nitrogens with one attached hydrogen (secondary N) is 1. The number of benzene rings is 3. The van der Waals surface area contributed by atoms with Crippen LogP contribution in [0.2, 0.25) is 0 Å². The summed E-state index contributed by atoms with van der Waals surface area (Å²) in [7, 11) is 1.56. The second kappa shape index (κ2) is 9.92. The van der Waals surface area contributed by atoms with Crippen LogP contribution in [0.3, 0.4) is 0 Å². The molecular formula is C26H23BrN2O4. The second-order valence-electron chi connectivity index (χ2n) is 7.68. The maximum atomic E-state index is 12.9. The zero-order valence-electron chi connectivity index (χ0n) is 18.3. The van der Waals surface area contributed by atoms with Crippen molar-refractivity contribution in [1.82, 2.24) is 10.2 Å². The number of nitrogens with zero attached hydrogens (tertiary/aromatic N) is 1. The molecule has 7 heteroatoms. The Balaban J connectivity index is 1.54. The van der Waals surface area contributed by atoms with Crippen LogP contribution in [-0.4, -0.2) is 23.9 Å². The number of hydrogen-bond acceptors (Lipinski definition) is 4. The van der Waals surface area contributed by atoms with Crippen molar-refractivity contribution in [3.8, 4) is 11.5 Å². The highest BCUT2D eigenvalue weighted by molar-refractivity contribution is 9.10. The highest BCUT2D eigenvalue weighted by atomic mass is 79.9. The lowest BCUT2D eigenvalue weighted by atomic mass is 10.1. The molecule has 4 rings (SSSR count). The number of carbonyl (C=O) groups excluding carboxylic acids is 2. The highest BCUT2D eigenvalue weighted by Crippen LogP contribution is 2.38. The molecule has 168 valence electrons. The van der Waals surface area contributed by atoms with Gasteiger partial charge in [-0.05, 0) is 57.8 Å². The van der Waals surface area contributed by atoms with Gasteiger partial charge in [-0.1, -0.05) is 60.2 Å². The Morgan fingerprint density at radius 2 is 1.76 bits per heavy atom. The van der Waals surface area contributed by atoms with Gasteiger partial charge in [-0.3, -0.25) is 9.69 Å².